The number of anilines is 1. The maximum Gasteiger partial charge on any atom is 0.273 e. The van der Waals surface area contributed by atoms with Crippen LogP contribution < -0.4 is 19.7 Å². The van der Waals surface area contributed by atoms with Crippen LogP contribution in [0.1, 0.15) is 78.2 Å². The Balaban J connectivity index is 1.65. The number of aliphatic hydroxyl groups is 1. The lowest BCUT2D eigenvalue weighted by Gasteiger charge is -2.35. The van der Waals surface area contributed by atoms with Crippen LogP contribution in [-0.2, 0) is 12.0 Å². The van der Waals surface area contributed by atoms with Gasteiger partial charge in [0.05, 0.1) is 32.1 Å². The number of aliphatic hydroxyl groups excluding tert-OH is 1. The molecule has 10 heteroatoms. The first-order valence-corrected chi connectivity index (χ1v) is 13.4. The fourth-order valence-electron chi connectivity index (χ4n) is 5.13. The molecule has 3 N–H and O–H groups in total. The van der Waals surface area contributed by atoms with Crippen molar-refractivity contribution in [1.82, 2.24) is 15.2 Å². The first-order chi connectivity index (χ1) is 18.5. The summed E-state index contributed by atoms with van der Waals surface area (Å²) in [6, 6.07) is 5.50. The number of hydrogen-bond donors (Lipinski definition) is 3. The number of Topliss-reactive ketones (excluding diaryl/α,β-unsaturated/α-hetero) is 1. The van der Waals surface area contributed by atoms with E-state index in [0.717, 1.165) is 22.6 Å². The quantitative estimate of drug-likeness (QED) is 0.438. The van der Waals surface area contributed by atoms with Gasteiger partial charge < -0.3 is 29.7 Å². The van der Waals surface area contributed by atoms with E-state index in [1.807, 2.05) is 19.1 Å². The van der Waals surface area contributed by atoms with Crippen LogP contribution >= 0.6 is 0 Å². The topological polar surface area (TPSA) is 128 Å². The van der Waals surface area contributed by atoms with Crippen molar-refractivity contribution in [2.45, 2.75) is 58.6 Å². The third-order valence-electron chi connectivity index (χ3n) is 7.25. The van der Waals surface area contributed by atoms with Crippen LogP contribution in [0.5, 0.6) is 11.5 Å². The summed E-state index contributed by atoms with van der Waals surface area (Å²) in [5.41, 5.74) is 3.27. The number of piperidine rings is 1. The van der Waals surface area contributed by atoms with Crippen LogP contribution in [-0.4, -0.2) is 79.0 Å². The highest BCUT2D eigenvalue weighted by Gasteiger charge is 2.32. The smallest absolute Gasteiger partial charge is 0.273 e. The number of nitrogens with zero attached hydrogens (tertiary/aromatic N) is 3. The number of pyridine rings is 1. The number of nitrogens with one attached hydrogen (secondary N) is 2. The molecule has 1 saturated heterocycles. The average molecular weight is 538 g/mol. The molecule has 2 aliphatic heterocycles. The van der Waals surface area contributed by atoms with Crippen LogP contribution in [0.3, 0.4) is 0 Å². The third kappa shape index (κ3) is 5.71. The van der Waals surface area contributed by atoms with Crippen LogP contribution in [0.25, 0.3) is 0 Å². The van der Waals surface area contributed by atoms with Gasteiger partial charge in [-0.05, 0) is 43.4 Å². The SMILES string of the molecule is CCOc1cc2c(nc1C(=O)NC)C(=N)N(CC(=O)c1cc(N3CCC(O)CC3)c(OC)c(C(C)(C)C)c1)C2. The predicted octanol–water partition coefficient (Wildman–Crippen LogP) is 3.13. The van der Waals surface area contributed by atoms with Crippen molar-refractivity contribution in [3.05, 3.63) is 46.3 Å². The van der Waals surface area contributed by atoms with E-state index >= 15 is 0 Å². The molecule has 1 aromatic carbocycles. The molecular formula is C29H39N5O5. The summed E-state index contributed by atoms with van der Waals surface area (Å²) in [7, 11) is 3.16. The highest BCUT2D eigenvalue weighted by atomic mass is 16.5. The fraction of sp³-hybridized carbons (Fsp3) is 0.517. The van der Waals surface area contributed by atoms with Gasteiger partial charge in [0.15, 0.2) is 17.2 Å². The molecule has 39 heavy (non-hydrogen) atoms. The first kappa shape index (κ1) is 28.4. The summed E-state index contributed by atoms with van der Waals surface area (Å²) in [6.07, 6.45) is 0.997. The first-order valence-electron chi connectivity index (χ1n) is 13.4. The number of ether oxygens (including phenoxy) is 2. The van der Waals surface area contributed by atoms with Gasteiger partial charge in [-0.25, -0.2) is 4.98 Å². The van der Waals surface area contributed by atoms with Crippen LogP contribution in [0, 0.1) is 5.41 Å². The number of fused-ring (bicyclic) bond motifs is 1. The number of ketones is 1. The van der Waals surface area contributed by atoms with Crippen molar-refractivity contribution in [1.29, 1.82) is 5.41 Å². The van der Waals surface area contributed by atoms with Crippen molar-refractivity contribution in [2.24, 2.45) is 0 Å². The molecule has 0 atom stereocenters. The van der Waals surface area contributed by atoms with Crippen molar-refractivity contribution in [3.63, 3.8) is 0 Å². The van der Waals surface area contributed by atoms with E-state index in [2.05, 4.69) is 36.0 Å². The predicted molar refractivity (Wildman–Crippen MR) is 150 cm³/mol. The molecule has 2 aromatic rings. The summed E-state index contributed by atoms with van der Waals surface area (Å²) in [5.74, 6) is 0.676. The van der Waals surface area contributed by atoms with Gasteiger partial charge in [0.1, 0.15) is 17.3 Å². The standard InChI is InChI=1S/C29H39N5O5/c1-7-39-23-14-18-15-34(27(30)24(18)32-25(23)28(37)31-5)16-22(36)17-12-20(29(2,3)4)26(38-6)21(13-17)33-10-8-19(35)9-11-33/h12-14,19,30,35H,7-11,15-16H2,1-6H3,(H,31,37). The van der Waals surface area contributed by atoms with Crippen molar-refractivity contribution < 1.29 is 24.2 Å². The number of amides is 1. The molecular weight excluding hydrogens is 498 g/mol. The Kier molecular flexibility index (Phi) is 8.15. The Bertz CT molecular complexity index is 1280. The zero-order chi connectivity index (χ0) is 28.5. The maximum absolute atomic E-state index is 13.7. The Hall–Kier alpha value is -3.66. The highest BCUT2D eigenvalue weighted by Crippen LogP contribution is 2.41. The molecule has 0 unspecified atom stereocenters. The van der Waals surface area contributed by atoms with E-state index in [1.54, 1.807) is 18.1 Å². The third-order valence-corrected chi connectivity index (χ3v) is 7.25. The van der Waals surface area contributed by atoms with Gasteiger partial charge in [-0.3, -0.25) is 15.0 Å². The number of benzene rings is 1. The molecule has 3 heterocycles. The molecule has 1 fully saturated rings. The normalized spacial score (nSPS) is 15.8. The minimum absolute atomic E-state index is 0.0114. The van der Waals surface area contributed by atoms with E-state index in [4.69, 9.17) is 14.9 Å². The van der Waals surface area contributed by atoms with Gasteiger partial charge in [-0.15, -0.1) is 0 Å². The Morgan fingerprint density at radius 2 is 1.90 bits per heavy atom. The highest BCUT2D eigenvalue weighted by molar-refractivity contribution is 6.06. The van der Waals surface area contributed by atoms with Gasteiger partial charge in [0.25, 0.3) is 5.91 Å². The van der Waals surface area contributed by atoms with Gasteiger partial charge in [0.2, 0.25) is 0 Å². The summed E-state index contributed by atoms with van der Waals surface area (Å²) in [5, 5.41) is 21.3. The van der Waals surface area contributed by atoms with E-state index in [0.29, 0.717) is 56.1 Å². The minimum atomic E-state index is -0.394. The lowest BCUT2D eigenvalue weighted by atomic mass is 9.84. The van der Waals surface area contributed by atoms with Gasteiger partial charge >= 0.3 is 0 Å². The monoisotopic (exact) mass is 537 g/mol. The lowest BCUT2D eigenvalue weighted by Crippen LogP contribution is -2.36. The molecule has 10 nitrogen and oxygen atoms in total. The molecule has 2 aliphatic rings. The number of amidine groups is 1. The fourth-order valence-corrected chi connectivity index (χ4v) is 5.13. The second kappa shape index (κ2) is 11.2. The zero-order valence-electron chi connectivity index (χ0n) is 23.7. The molecule has 0 bridgehead atoms. The lowest BCUT2D eigenvalue weighted by molar-refractivity contribution is 0.0949. The number of aromatic nitrogens is 1. The van der Waals surface area contributed by atoms with E-state index in [9.17, 15) is 14.7 Å². The maximum atomic E-state index is 13.7. The summed E-state index contributed by atoms with van der Waals surface area (Å²) >= 11 is 0. The van der Waals surface area contributed by atoms with E-state index < -0.39 is 5.91 Å². The second-order valence-corrected chi connectivity index (χ2v) is 11.0. The zero-order valence-corrected chi connectivity index (χ0v) is 23.7. The summed E-state index contributed by atoms with van der Waals surface area (Å²) < 4.78 is 11.5. The summed E-state index contributed by atoms with van der Waals surface area (Å²) in [4.78, 5) is 34.4. The van der Waals surface area contributed by atoms with E-state index in [1.165, 1.54) is 7.05 Å². The Morgan fingerprint density at radius 1 is 1.21 bits per heavy atom. The largest absolute Gasteiger partial charge is 0.494 e. The van der Waals surface area contributed by atoms with Crippen molar-refractivity contribution in [2.75, 3.05) is 45.3 Å². The van der Waals surface area contributed by atoms with Crippen molar-refractivity contribution in [3.8, 4) is 11.5 Å². The van der Waals surface area contributed by atoms with E-state index in [-0.39, 0.29) is 35.4 Å². The molecule has 0 saturated carbocycles. The molecule has 210 valence electrons. The number of carbonyl (C=O) groups is 2. The van der Waals surface area contributed by atoms with Crippen LogP contribution in [0.2, 0.25) is 0 Å². The number of hydrogen-bond acceptors (Lipinski definition) is 8. The molecule has 0 radical (unpaired) electrons. The average Bonchev–Trinajstić information content (AvgIpc) is 3.20. The van der Waals surface area contributed by atoms with Crippen LogP contribution in [0.15, 0.2) is 18.2 Å². The molecule has 4 rings (SSSR count). The van der Waals surface area contributed by atoms with Gasteiger partial charge in [-0.2, -0.15) is 0 Å². The minimum Gasteiger partial charge on any atom is -0.494 e. The number of methoxy groups -OCH3 is 1. The molecule has 0 aliphatic carbocycles. The Labute approximate surface area is 229 Å². The Morgan fingerprint density at radius 3 is 2.49 bits per heavy atom. The molecule has 0 spiro atoms. The van der Waals surface area contributed by atoms with Crippen molar-refractivity contribution >= 4 is 23.2 Å². The van der Waals surface area contributed by atoms with Crippen LogP contribution in [0.4, 0.5) is 5.69 Å². The summed E-state index contributed by atoms with van der Waals surface area (Å²) in [6.45, 7) is 10.1. The van der Waals surface area contributed by atoms with Gasteiger partial charge in [0, 0.05) is 43.4 Å². The second-order valence-electron chi connectivity index (χ2n) is 11.0. The molecule has 1 aromatic heterocycles. The number of rotatable bonds is 8. The van der Waals surface area contributed by atoms with Gasteiger partial charge in [-0.1, -0.05) is 20.8 Å². The number of carbonyl (C=O) groups excluding carboxylic acids is 2. The molecule has 1 amide bonds.